The first-order valence-electron chi connectivity index (χ1n) is 10.9. The van der Waals surface area contributed by atoms with Gasteiger partial charge in [-0.15, -0.1) is 0 Å². The SMILES string of the molecule is CC(C)CC(NC(=O)C12CCCC1C(CNC(=O)c1cccn3ccnc13)=NO2)B(O)O. The number of aromatic nitrogens is 2. The zero-order chi connectivity index (χ0) is 22.9. The number of imidazole rings is 1. The lowest BCUT2D eigenvalue weighted by Crippen LogP contribution is -2.57. The van der Waals surface area contributed by atoms with Crippen molar-refractivity contribution in [2.24, 2.45) is 17.0 Å². The molecule has 1 fully saturated rings. The molecule has 170 valence electrons. The molecule has 3 heterocycles. The van der Waals surface area contributed by atoms with Crippen LogP contribution >= 0.6 is 0 Å². The first-order valence-corrected chi connectivity index (χ1v) is 10.9. The van der Waals surface area contributed by atoms with Gasteiger partial charge in [0.05, 0.1) is 29.7 Å². The largest absolute Gasteiger partial charge is 0.475 e. The summed E-state index contributed by atoms with van der Waals surface area (Å²) in [5, 5.41) is 29.1. The molecule has 0 radical (unpaired) electrons. The van der Waals surface area contributed by atoms with Crippen molar-refractivity contribution in [1.29, 1.82) is 0 Å². The van der Waals surface area contributed by atoms with Crippen LogP contribution in [0, 0.1) is 11.8 Å². The van der Waals surface area contributed by atoms with Gasteiger partial charge in [0.25, 0.3) is 11.8 Å². The van der Waals surface area contributed by atoms with Crippen LogP contribution in [-0.4, -0.2) is 62.2 Å². The quantitative estimate of drug-likeness (QED) is 0.441. The molecular weight excluding hydrogens is 413 g/mol. The van der Waals surface area contributed by atoms with Gasteiger partial charge in [0.2, 0.25) is 5.60 Å². The van der Waals surface area contributed by atoms with E-state index in [1.165, 1.54) is 0 Å². The molecule has 0 spiro atoms. The summed E-state index contributed by atoms with van der Waals surface area (Å²) in [6.07, 6.45) is 7.59. The first kappa shape index (κ1) is 22.3. The number of carbonyl (C=O) groups excluding carboxylic acids is 2. The van der Waals surface area contributed by atoms with Crippen LogP contribution in [0.4, 0.5) is 0 Å². The molecule has 10 nitrogen and oxygen atoms in total. The van der Waals surface area contributed by atoms with Crippen LogP contribution < -0.4 is 10.6 Å². The maximum absolute atomic E-state index is 13.1. The maximum atomic E-state index is 13.1. The molecule has 11 heteroatoms. The summed E-state index contributed by atoms with van der Waals surface area (Å²) in [4.78, 5) is 35.8. The smallest absolute Gasteiger partial charge is 0.426 e. The molecule has 1 saturated carbocycles. The van der Waals surface area contributed by atoms with Gasteiger partial charge in [-0.3, -0.25) is 9.59 Å². The second kappa shape index (κ2) is 8.91. The third-order valence-corrected chi connectivity index (χ3v) is 6.21. The van der Waals surface area contributed by atoms with Gasteiger partial charge in [-0.05, 0) is 43.7 Å². The zero-order valence-electron chi connectivity index (χ0n) is 18.2. The normalized spacial score (nSPS) is 22.9. The average molecular weight is 441 g/mol. The maximum Gasteiger partial charge on any atom is 0.475 e. The third-order valence-electron chi connectivity index (χ3n) is 6.21. The fourth-order valence-electron chi connectivity index (χ4n) is 4.64. The molecule has 3 unspecified atom stereocenters. The number of nitrogens with one attached hydrogen (secondary N) is 2. The van der Waals surface area contributed by atoms with E-state index in [9.17, 15) is 19.6 Å². The number of nitrogens with zero attached hydrogens (tertiary/aromatic N) is 3. The van der Waals surface area contributed by atoms with Crippen molar-refractivity contribution < 1.29 is 24.5 Å². The van der Waals surface area contributed by atoms with Crippen molar-refractivity contribution in [3.63, 3.8) is 0 Å². The van der Waals surface area contributed by atoms with Crippen LogP contribution in [0.15, 0.2) is 35.9 Å². The van der Waals surface area contributed by atoms with Crippen molar-refractivity contribution in [2.75, 3.05) is 6.54 Å². The Morgan fingerprint density at radius 2 is 2.19 bits per heavy atom. The van der Waals surface area contributed by atoms with Gasteiger partial charge >= 0.3 is 7.12 Å². The molecular formula is C21H28BN5O5. The molecule has 0 saturated heterocycles. The minimum absolute atomic E-state index is 0.151. The van der Waals surface area contributed by atoms with Crippen molar-refractivity contribution in [2.45, 2.75) is 51.1 Å². The summed E-state index contributed by atoms with van der Waals surface area (Å²) in [5.41, 5.74) is 0.433. The van der Waals surface area contributed by atoms with Crippen molar-refractivity contribution in [3.05, 3.63) is 36.3 Å². The van der Waals surface area contributed by atoms with Gasteiger partial charge in [0.15, 0.2) is 0 Å². The summed E-state index contributed by atoms with van der Waals surface area (Å²) in [7, 11) is -1.66. The summed E-state index contributed by atoms with van der Waals surface area (Å²) < 4.78 is 1.76. The Morgan fingerprint density at radius 3 is 2.94 bits per heavy atom. The number of hydrogen-bond donors (Lipinski definition) is 4. The fourth-order valence-corrected chi connectivity index (χ4v) is 4.64. The standard InChI is InChI=1S/C21H28BN5O5/c1-13(2)11-17(22(30)31)25-20(29)21-7-3-6-15(21)16(26-32-21)12-24-19(28)14-5-4-9-27-10-8-23-18(14)27/h4-5,8-10,13,15,17,30-31H,3,6-7,11-12H2,1-2H3,(H,24,28)(H,25,29). The van der Waals surface area contributed by atoms with E-state index in [0.29, 0.717) is 36.2 Å². The molecule has 0 aromatic carbocycles. The summed E-state index contributed by atoms with van der Waals surface area (Å²) in [6, 6.07) is 3.47. The Hall–Kier alpha value is -2.92. The van der Waals surface area contributed by atoms with E-state index in [-0.39, 0.29) is 24.3 Å². The highest BCUT2D eigenvalue weighted by atomic mass is 16.7. The summed E-state index contributed by atoms with van der Waals surface area (Å²) >= 11 is 0. The molecule has 0 bridgehead atoms. The first-order chi connectivity index (χ1) is 15.3. The molecule has 2 amide bonds. The third kappa shape index (κ3) is 4.10. The minimum Gasteiger partial charge on any atom is -0.426 e. The lowest BCUT2D eigenvalue weighted by atomic mass is 9.74. The molecule has 1 aliphatic carbocycles. The van der Waals surface area contributed by atoms with Crippen LogP contribution in [0.1, 0.15) is 49.9 Å². The highest BCUT2D eigenvalue weighted by molar-refractivity contribution is 6.43. The second-order valence-corrected chi connectivity index (χ2v) is 8.89. The van der Waals surface area contributed by atoms with E-state index in [1.54, 1.807) is 28.9 Å². The van der Waals surface area contributed by atoms with Crippen LogP contribution in [-0.2, 0) is 9.63 Å². The topological polar surface area (TPSA) is 138 Å². The van der Waals surface area contributed by atoms with E-state index in [2.05, 4.69) is 20.8 Å². The van der Waals surface area contributed by atoms with E-state index in [1.807, 2.05) is 20.0 Å². The Kier molecular flexibility index (Phi) is 6.21. The monoisotopic (exact) mass is 441 g/mol. The lowest BCUT2D eigenvalue weighted by molar-refractivity contribution is -0.146. The number of oxime groups is 1. The average Bonchev–Trinajstić information content (AvgIpc) is 3.46. The Balaban J connectivity index is 1.42. The van der Waals surface area contributed by atoms with Crippen LogP contribution in [0.25, 0.3) is 5.65 Å². The van der Waals surface area contributed by atoms with E-state index in [0.717, 1.165) is 6.42 Å². The molecule has 2 aromatic rings. The zero-order valence-corrected chi connectivity index (χ0v) is 18.2. The summed E-state index contributed by atoms with van der Waals surface area (Å²) in [5.74, 6) is -1.58. The van der Waals surface area contributed by atoms with Crippen LogP contribution in [0.3, 0.4) is 0 Å². The van der Waals surface area contributed by atoms with Crippen molar-refractivity contribution in [3.8, 4) is 0 Å². The molecule has 32 heavy (non-hydrogen) atoms. The number of fused-ring (bicyclic) bond motifs is 2. The molecule has 4 N–H and O–H groups in total. The van der Waals surface area contributed by atoms with E-state index >= 15 is 0 Å². The number of rotatable bonds is 8. The van der Waals surface area contributed by atoms with E-state index < -0.39 is 24.6 Å². The van der Waals surface area contributed by atoms with Gasteiger partial charge in [0, 0.05) is 18.6 Å². The van der Waals surface area contributed by atoms with Crippen molar-refractivity contribution >= 4 is 30.3 Å². The Bertz CT molecular complexity index is 1040. The number of amides is 2. The predicted molar refractivity (Wildman–Crippen MR) is 118 cm³/mol. The predicted octanol–water partition coefficient (Wildman–Crippen LogP) is 0.532. The van der Waals surface area contributed by atoms with Gasteiger partial charge in [-0.2, -0.15) is 0 Å². The molecule has 2 aliphatic rings. The molecule has 4 rings (SSSR count). The van der Waals surface area contributed by atoms with Gasteiger partial charge in [0.1, 0.15) is 5.65 Å². The highest BCUT2D eigenvalue weighted by Gasteiger charge is 2.58. The van der Waals surface area contributed by atoms with Gasteiger partial charge in [-0.1, -0.05) is 19.0 Å². The van der Waals surface area contributed by atoms with Crippen LogP contribution in [0.2, 0.25) is 0 Å². The molecule has 3 atom stereocenters. The van der Waals surface area contributed by atoms with Crippen molar-refractivity contribution in [1.82, 2.24) is 20.0 Å². The van der Waals surface area contributed by atoms with Gasteiger partial charge in [-0.25, -0.2) is 4.98 Å². The number of hydrogen-bond acceptors (Lipinski definition) is 7. The van der Waals surface area contributed by atoms with Gasteiger partial charge < -0.3 is 29.9 Å². The lowest BCUT2D eigenvalue weighted by Gasteiger charge is -2.29. The number of pyridine rings is 1. The fraction of sp³-hybridized carbons (Fsp3) is 0.524. The second-order valence-electron chi connectivity index (χ2n) is 8.89. The summed E-state index contributed by atoms with van der Waals surface area (Å²) in [6.45, 7) is 4.04. The minimum atomic E-state index is -1.66. The van der Waals surface area contributed by atoms with E-state index in [4.69, 9.17) is 4.84 Å². The highest BCUT2D eigenvalue weighted by Crippen LogP contribution is 2.44. The van der Waals surface area contributed by atoms with Crippen LogP contribution in [0.5, 0.6) is 0 Å². The molecule has 1 aliphatic heterocycles. The Morgan fingerprint density at radius 1 is 1.38 bits per heavy atom. The molecule has 2 aromatic heterocycles. The number of carbonyl (C=O) groups is 2. The Labute approximate surface area is 186 Å².